The summed E-state index contributed by atoms with van der Waals surface area (Å²) in [5.74, 6) is 1.52. The monoisotopic (exact) mass is 416 g/mol. The molecule has 8 nitrogen and oxygen atoms in total. The fourth-order valence-corrected chi connectivity index (χ4v) is 3.58. The average Bonchev–Trinajstić information content (AvgIpc) is 2.76. The van der Waals surface area contributed by atoms with Crippen molar-refractivity contribution in [1.29, 1.82) is 0 Å². The van der Waals surface area contributed by atoms with Crippen LogP contribution in [0.2, 0.25) is 0 Å². The molecule has 1 aliphatic rings. The van der Waals surface area contributed by atoms with Gasteiger partial charge in [0.2, 0.25) is 0 Å². The van der Waals surface area contributed by atoms with Crippen LogP contribution in [0.4, 0.5) is 20.3 Å². The Morgan fingerprint density at radius 2 is 1.87 bits per heavy atom. The van der Waals surface area contributed by atoms with Gasteiger partial charge in [-0.2, -0.15) is 0 Å². The van der Waals surface area contributed by atoms with Gasteiger partial charge in [-0.3, -0.25) is 9.36 Å². The molecule has 3 aromatic rings. The van der Waals surface area contributed by atoms with E-state index in [2.05, 4.69) is 24.8 Å². The summed E-state index contributed by atoms with van der Waals surface area (Å²) in [5.41, 5.74) is 1.00. The molecule has 0 radical (unpaired) electrons. The lowest BCUT2D eigenvalue weighted by Crippen LogP contribution is -2.47. The zero-order chi connectivity index (χ0) is 21.1. The number of nitrogens with zero attached hydrogens (tertiary/aromatic N) is 6. The molecule has 3 heterocycles. The van der Waals surface area contributed by atoms with E-state index in [0.29, 0.717) is 23.3 Å². The number of anilines is 2. The van der Waals surface area contributed by atoms with Crippen LogP contribution in [0, 0.1) is 0 Å². The number of halogens is 2. The van der Waals surface area contributed by atoms with Crippen LogP contribution in [0.5, 0.6) is 0 Å². The number of fused-ring (bicyclic) bond motifs is 1. The second kappa shape index (κ2) is 8.70. The molecule has 0 N–H and O–H groups in total. The Bertz CT molecular complexity index is 1080. The highest BCUT2D eigenvalue weighted by molar-refractivity contribution is 5.81. The number of benzene rings is 1. The summed E-state index contributed by atoms with van der Waals surface area (Å²) in [6.45, 7) is 2.84. The average molecular weight is 416 g/mol. The van der Waals surface area contributed by atoms with Crippen LogP contribution in [0.25, 0.3) is 10.9 Å². The SMILES string of the molecule is COCc1nccc(N2CCN(c3ccc4c(=O)n(CC(F)F)cnc4c3)CC2)n1. The van der Waals surface area contributed by atoms with Crippen molar-refractivity contribution in [3.05, 3.63) is 53.0 Å². The third-order valence-electron chi connectivity index (χ3n) is 5.08. The number of ether oxygens (including phenoxy) is 1. The third kappa shape index (κ3) is 4.23. The smallest absolute Gasteiger partial charge is 0.261 e. The van der Waals surface area contributed by atoms with Crippen molar-refractivity contribution < 1.29 is 13.5 Å². The topological polar surface area (TPSA) is 76.4 Å². The van der Waals surface area contributed by atoms with Gasteiger partial charge in [-0.05, 0) is 24.3 Å². The molecule has 10 heteroatoms. The Kier molecular flexibility index (Phi) is 5.84. The first-order valence-corrected chi connectivity index (χ1v) is 9.63. The van der Waals surface area contributed by atoms with Gasteiger partial charge in [-0.25, -0.2) is 23.7 Å². The number of hydrogen-bond donors (Lipinski definition) is 0. The molecule has 0 spiro atoms. The van der Waals surface area contributed by atoms with Crippen LogP contribution in [-0.2, 0) is 17.9 Å². The zero-order valence-electron chi connectivity index (χ0n) is 16.5. The molecule has 0 unspecified atom stereocenters. The van der Waals surface area contributed by atoms with E-state index >= 15 is 0 Å². The number of hydrogen-bond acceptors (Lipinski definition) is 7. The number of piperazine rings is 1. The van der Waals surface area contributed by atoms with Crippen LogP contribution >= 0.6 is 0 Å². The van der Waals surface area contributed by atoms with Gasteiger partial charge in [-0.1, -0.05) is 0 Å². The summed E-state index contributed by atoms with van der Waals surface area (Å²) in [5, 5.41) is 0.340. The van der Waals surface area contributed by atoms with E-state index < -0.39 is 18.5 Å². The Morgan fingerprint density at radius 3 is 2.60 bits per heavy atom. The van der Waals surface area contributed by atoms with Crippen molar-refractivity contribution >= 4 is 22.4 Å². The van der Waals surface area contributed by atoms with Crippen LogP contribution in [0.1, 0.15) is 5.82 Å². The molecule has 158 valence electrons. The van der Waals surface area contributed by atoms with Crippen LogP contribution in [0.3, 0.4) is 0 Å². The van der Waals surface area contributed by atoms with E-state index in [9.17, 15) is 13.6 Å². The Morgan fingerprint density at radius 1 is 1.10 bits per heavy atom. The first-order valence-electron chi connectivity index (χ1n) is 9.63. The van der Waals surface area contributed by atoms with Gasteiger partial charge >= 0.3 is 0 Å². The standard InChI is InChI=1S/C20H22F2N6O2/c1-30-12-18-23-5-4-19(25-18)27-8-6-26(7-9-27)14-2-3-15-16(10-14)24-13-28(20(15)29)11-17(21)22/h2-5,10,13,17H,6-9,11-12H2,1H3. The molecule has 1 aliphatic heterocycles. The Hall–Kier alpha value is -3.14. The molecule has 0 atom stereocenters. The van der Waals surface area contributed by atoms with Crippen molar-refractivity contribution in [1.82, 2.24) is 19.5 Å². The first kappa shape index (κ1) is 20.1. The summed E-state index contributed by atoms with van der Waals surface area (Å²) >= 11 is 0. The molecule has 4 rings (SSSR count). The van der Waals surface area contributed by atoms with Crippen molar-refractivity contribution in [2.24, 2.45) is 0 Å². The lowest BCUT2D eigenvalue weighted by Gasteiger charge is -2.36. The van der Waals surface area contributed by atoms with E-state index in [-0.39, 0.29) is 0 Å². The van der Waals surface area contributed by atoms with Crippen LogP contribution < -0.4 is 15.4 Å². The summed E-state index contributed by atoms with van der Waals surface area (Å²) in [6, 6.07) is 7.23. The largest absolute Gasteiger partial charge is 0.377 e. The van der Waals surface area contributed by atoms with Gasteiger partial charge in [-0.15, -0.1) is 0 Å². The summed E-state index contributed by atoms with van der Waals surface area (Å²) in [6.07, 6.45) is 0.322. The molecule has 0 amide bonds. The van der Waals surface area contributed by atoms with E-state index in [1.807, 2.05) is 18.2 Å². The van der Waals surface area contributed by atoms with Crippen LogP contribution in [-0.4, -0.2) is 59.2 Å². The van der Waals surface area contributed by atoms with Gasteiger partial charge in [0.15, 0.2) is 5.82 Å². The Labute approximate surface area is 171 Å². The van der Waals surface area contributed by atoms with Crippen molar-refractivity contribution in [3.8, 4) is 0 Å². The molecule has 1 fully saturated rings. The van der Waals surface area contributed by atoms with Gasteiger partial charge in [0.1, 0.15) is 12.4 Å². The van der Waals surface area contributed by atoms with E-state index in [0.717, 1.165) is 42.3 Å². The van der Waals surface area contributed by atoms with E-state index in [1.165, 1.54) is 6.33 Å². The quantitative estimate of drug-likeness (QED) is 0.608. The highest BCUT2D eigenvalue weighted by Gasteiger charge is 2.19. The van der Waals surface area contributed by atoms with Crippen molar-refractivity contribution in [2.75, 3.05) is 43.1 Å². The highest BCUT2D eigenvalue weighted by atomic mass is 19.3. The Balaban J connectivity index is 1.48. The van der Waals surface area contributed by atoms with Gasteiger partial charge in [0.25, 0.3) is 12.0 Å². The predicted octanol–water partition coefficient (Wildman–Crippen LogP) is 1.92. The predicted molar refractivity (Wildman–Crippen MR) is 109 cm³/mol. The summed E-state index contributed by atoms with van der Waals surface area (Å²) in [7, 11) is 1.61. The van der Waals surface area contributed by atoms with E-state index in [4.69, 9.17) is 4.74 Å². The molecule has 1 aromatic carbocycles. The molecular formula is C20H22F2N6O2. The minimum absolute atomic E-state index is 0.340. The van der Waals surface area contributed by atoms with E-state index in [1.54, 1.807) is 19.4 Å². The minimum Gasteiger partial charge on any atom is -0.377 e. The second-order valence-electron chi connectivity index (χ2n) is 7.03. The molecule has 30 heavy (non-hydrogen) atoms. The van der Waals surface area contributed by atoms with Gasteiger partial charge < -0.3 is 14.5 Å². The number of rotatable bonds is 6. The molecule has 0 aliphatic carbocycles. The number of aromatic nitrogens is 4. The molecule has 0 saturated carbocycles. The normalized spacial score (nSPS) is 14.7. The first-order chi connectivity index (χ1) is 14.5. The number of alkyl halides is 2. The molecule has 0 bridgehead atoms. The fraction of sp³-hybridized carbons (Fsp3) is 0.400. The lowest BCUT2D eigenvalue weighted by atomic mass is 10.2. The van der Waals surface area contributed by atoms with Gasteiger partial charge in [0.05, 0.1) is 23.8 Å². The maximum Gasteiger partial charge on any atom is 0.261 e. The minimum atomic E-state index is -2.60. The second-order valence-corrected chi connectivity index (χ2v) is 7.03. The summed E-state index contributed by atoms with van der Waals surface area (Å²) in [4.78, 5) is 29.7. The maximum absolute atomic E-state index is 12.6. The van der Waals surface area contributed by atoms with Crippen LogP contribution in [0.15, 0.2) is 41.6 Å². The molecule has 1 saturated heterocycles. The number of methoxy groups -OCH3 is 1. The summed E-state index contributed by atoms with van der Waals surface area (Å²) < 4.78 is 31.3. The molecular weight excluding hydrogens is 394 g/mol. The maximum atomic E-state index is 12.6. The molecule has 2 aromatic heterocycles. The highest BCUT2D eigenvalue weighted by Crippen LogP contribution is 2.22. The van der Waals surface area contributed by atoms with Crippen molar-refractivity contribution in [2.45, 2.75) is 19.6 Å². The van der Waals surface area contributed by atoms with Gasteiger partial charge in [0, 0.05) is 45.2 Å². The zero-order valence-corrected chi connectivity index (χ0v) is 16.5. The lowest BCUT2D eigenvalue weighted by molar-refractivity contribution is 0.125. The van der Waals surface area contributed by atoms with Crippen molar-refractivity contribution in [3.63, 3.8) is 0 Å². The fourth-order valence-electron chi connectivity index (χ4n) is 3.58. The third-order valence-corrected chi connectivity index (χ3v) is 5.08.